The summed E-state index contributed by atoms with van der Waals surface area (Å²) in [6.07, 6.45) is 1.65. The minimum atomic E-state index is -0.380. The minimum Gasteiger partial charge on any atom is -0.328 e. The first-order valence-corrected chi connectivity index (χ1v) is 9.99. The smallest absolute Gasteiger partial charge is 0.238 e. The molecule has 3 rings (SSSR count). The first kappa shape index (κ1) is 19.3. The summed E-state index contributed by atoms with van der Waals surface area (Å²) in [7, 11) is 0. The zero-order valence-corrected chi connectivity index (χ0v) is 16.6. The molecule has 2 aromatic heterocycles. The molecule has 1 unspecified atom stereocenters. The van der Waals surface area contributed by atoms with E-state index >= 15 is 0 Å². The molecule has 2 N–H and O–H groups in total. The number of para-hydroxylation sites is 1. The Hall–Kier alpha value is -2.46. The van der Waals surface area contributed by atoms with E-state index < -0.39 is 0 Å². The predicted molar refractivity (Wildman–Crippen MR) is 106 cm³/mol. The van der Waals surface area contributed by atoms with Gasteiger partial charge in [0.15, 0.2) is 4.34 Å². The molecular formula is C17H19FN6OS2. The van der Waals surface area contributed by atoms with E-state index in [9.17, 15) is 9.18 Å². The Morgan fingerprint density at radius 3 is 2.74 bits per heavy atom. The van der Waals surface area contributed by atoms with Crippen molar-refractivity contribution in [2.75, 3.05) is 10.6 Å². The van der Waals surface area contributed by atoms with Gasteiger partial charge in [-0.05, 0) is 32.9 Å². The number of halogens is 1. The maximum Gasteiger partial charge on any atom is 0.238 e. The van der Waals surface area contributed by atoms with Gasteiger partial charge >= 0.3 is 0 Å². The summed E-state index contributed by atoms with van der Waals surface area (Å²) in [5.41, 5.74) is 0.331. The van der Waals surface area contributed by atoms with Gasteiger partial charge in [0.1, 0.15) is 11.6 Å². The summed E-state index contributed by atoms with van der Waals surface area (Å²) in [6, 6.07) is 8.25. The van der Waals surface area contributed by atoms with Crippen LogP contribution < -0.4 is 10.6 Å². The van der Waals surface area contributed by atoms with E-state index in [1.54, 1.807) is 42.1 Å². The molecule has 2 heterocycles. The van der Waals surface area contributed by atoms with Crippen molar-refractivity contribution in [1.82, 2.24) is 20.0 Å². The van der Waals surface area contributed by atoms with Crippen molar-refractivity contribution in [2.24, 2.45) is 0 Å². The highest BCUT2D eigenvalue weighted by molar-refractivity contribution is 8.02. The first-order valence-electron chi connectivity index (χ1n) is 8.30. The fourth-order valence-electron chi connectivity index (χ4n) is 2.24. The van der Waals surface area contributed by atoms with Crippen LogP contribution in [0.5, 0.6) is 0 Å². The quantitative estimate of drug-likeness (QED) is 0.569. The van der Waals surface area contributed by atoms with Crippen LogP contribution in [0.4, 0.5) is 21.0 Å². The lowest BCUT2D eigenvalue weighted by Crippen LogP contribution is -2.24. The molecule has 0 aliphatic rings. The Kier molecular flexibility index (Phi) is 6.07. The van der Waals surface area contributed by atoms with Crippen LogP contribution in [-0.4, -0.2) is 31.1 Å². The molecule has 0 saturated heterocycles. The Bertz CT molecular complexity index is 926. The largest absolute Gasteiger partial charge is 0.328 e. The summed E-state index contributed by atoms with van der Waals surface area (Å²) in [6.45, 7) is 5.78. The molecule has 0 fully saturated rings. The second-order valence-corrected chi connectivity index (χ2v) is 8.55. The molecule has 10 heteroatoms. The summed E-state index contributed by atoms with van der Waals surface area (Å²) >= 11 is 2.56. The van der Waals surface area contributed by atoms with Crippen molar-refractivity contribution in [3.63, 3.8) is 0 Å². The van der Waals surface area contributed by atoms with Crippen LogP contribution in [0.25, 0.3) is 0 Å². The van der Waals surface area contributed by atoms with Gasteiger partial charge in [-0.25, -0.2) is 9.07 Å². The van der Waals surface area contributed by atoms with Crippen LogP contribution in [0.15, 0.2) is 40.9 Å². The maximum absolute atomic E-state index is 13.7. The van der Waals surface area contributed by atoms with Gasteiger partial charge in [-0.2, -0.15) is 5.10 Å². The third-order valence-electron chi connectivity index (χ3n) is 3.58. The van der Waals surface area contributed by atoms with Gasteiger partial charge in [-0.15, -0.1) is 10.2 Å². The first-order chi connectivity index (χ1) is 12.9. The van der Waals surface area contributed by atoms with Crippen LogP contribution in [0, 0.1) is 5.82 Å². The summed E-state index contributed by atoms with van der Waals surface area (Å²) < 4.78 is 16.1. The number of thioether (sulfide) groups is 1. The number of benzene rings is 1. The van der Waals surface area contributed by atoms with Gasteiger partial charge in [-0.3, -0.25) is 4.79 Å². The molecule has 1 atom stereocenters. The van der Waals surface area contributed by atoms with Gasteiger partial charge < -0.3 is 10.6 Å². The van der Waals surface area contributed by atoms with Gasteiger partial charge in [0, 0.05) is 12.1 Å². The number of rotatable bonds is 7. The molecule has 0 aliphatic heterocycles. The number of carbonyl (C=O) groups excluding carboxylic acids is 1. The molecule has 0 bridgehead atoms. The second kappa shape index (κ2) is 8.49. The summed E-state index contributed by atoms with van der Waals surface area (Å²) in [5.74, 6) is 0.138. The average Bonchev–Trinajstić information content (AvgIpc) is 3.26. The SMILES string of the molecule is CC(Sc1nnc(Nc2ccccc2F)s1)C(=O)Nc1ccnn1C(C)C. The Labute approximate surface area is 164 Å². The molecule has 27 heavy (non-hydrogen) atoms. The third-order valence-corrected chi connectivity index (χ3v) is 5.60. The van der Waals surface area contributed by atoms with Crippen molar-refractivity contribution >= 4 is 45.6 Å². The van der Waals surface area contributed by atoms with Gasteiger partial charge in [0.2, 0.25) is 11.0 Å². The van der Waals surface area contributed by atoms with Crippen LogP contribution >= 0.6 is 23.1 Å². The summed E-state index contributed by atoms with van der Waals surface area (Å²) in [4.78, 5) is 12.5. The number of carbonyl (C=O) groups is 1. The molecule has 0 aliphatic carbocycles. The van der Waals surface area contributed by atoms with Crippen molar-refractivity contribution < 1.29 is 9.18 Å². The minimum absolute atomic E-state index is 0.147. The van der Waals surface area contributed by atoms with Crippen molar-refractivity contribution in [3.8, 4) is 0 Å². The molecule has 142 valence electrons. The lowest BCUT2D eigenvalue weighted by molar-refractivity contribution is -0.115. The van der Waals surface area contributed by atoms with E-state index in [1.165, 1.54) is 29.2 Å². The molecule has 1 aromatic carbocycles. The molecule has 3 aromatic rings. The van der Waals surface area contributed by atoms with E-state index in [0.717, 1.165) is 0 Å². The topological polar surface area (TPSA) is 84.7 Å². The van der Waals surface area contributed by atoms with Crippen molar-refractivity contribution in [1.29, 1.82) is 0 Å². The number of amides is 1. The molecule has 7 nitrogen and oxygen atoms in total. The maximum atomic E-state index is 13.7. The van der Waals surface area contributed by atoms with Crippen molar-refractivity contribution in [3.05, 3.63) is 42.3 Å². The zero-order valence-electron chi connectivity index (χ0n) is 15.0. The van der Waals surface area contributed by atoms with Gasteiger partial charge in [-0.1, -0.05) is 35.2 Å². The molecule has 0 radical (unpaired) electrons. The second-order valence-electron chi connectivity index (χ2n) is 5.98. The van der Waals surface area contributed by atoms with E-state index in [2.05, 4.69) is 25.9 Å². The Balaban J connectivity index is 1.60. The Morgan fingerprint density at radius 2 is 2.00 bits per heavy atom. The monoisotopic (exact) mass is 406 g/mol. The molecule has 1 amide bonds. The highest BCUT2D eigenvalue weighted by Crippen LogP contribution is 2.31. The third kappa shape index (κ3) is 4.83. The molecule has 0 saturated carbocycles. The van der Waals surface area contributed by atoms with Gasteiger partial charge in [0.25, 0.3) is 0 Å². The highest BCUT2D eigenvalue weighted by atomic mass is 32.2. The fourth-order valence-corrected chi connectivity index (χ4v) is 4.15. The number of aromatic nitrogens is 4. The van der Waals surface area contributed by atoms with Gasteiger partial charge in [0.05, 0.1) is 17.1 Å². The van der Waals surface area contributed by atoms with E-state index in [1.807, 2.05) is 13.8 Å². The molecular weight excluding hydrogens is 387 g/mol. The van der Waals surface area contributed by atoms with Crippen molar-refractivity contribution in [2.45, 2.75) is 36.4 Å². The standard InChI is InChI=1S/C17H19FN6OS2/c1-10(2)24-14(8-9-19-24)21-15(25)11(3)26-17-23-22-16(27-17)20-13-7-5-4-6-12(13)18/h4-11H,1-3H3,(H,20,22)(H,21,25). The van der Waals surface area contributed by atoms with E-state index in [0.29, 0.717) is 21.0 Å². The van der Waals surface area contributed by atoms with E-state index in [-0.39, 0.29) is 23.0 Å². The number of hydrogen-bond acceptors (Lipinski definition) is 7. The van der Waals surface area contributed by atoms with Crippen LogP contribution in [-0.2, 0) is 4.79 Å². The summed E-state index contributed by atoms with van der Waals surface area (Å²) in [5, 5.41) is 18.1. The number of anilines is 3. The fraction of sp³-hybridized carbons (Fsp3) is 0.294. The number of nitrogens with one attached hydrogen (secondary N) is 2. The number of nitrogens with zero attached hydrogens (tertiary/aromatic N) is 4. The average molecular weight is 407 g/mol. The van der Waals surface area contributed by atoms with E-state index in [4.69, 9.17) is 0 Å². The number of hydrogen-bond donors (Lipinski definition) is 2. The lowest BCUT2D eigenvalue weighted by atomic mass is 10.3. The van der Waals surface area contributed by atoms with Crippen LogP contribution in [0.1, 0.15) is 26.8 Å². The highest BCUT2D eigenvalue weighted by Gasteiger charge is 2.19. The normalized spacial score (nSPS) is 12.2. The zero-order chi connectivity index (χ0) is 19.4. The predicted octanol–water partition coefficient (Wildman–Crippen LogP) is 4.32. The Morgan fingerprint density at radius 1 is 1.22 bits per heavy atom. The van der Waals surface area contributed by atoms with Crippen LogP contribution in [0.3, 0.4) is 0 Å². The van der Waals surface area contributed by atoms with Crippen LogP contribution in [0.2, 0.25) is 0 Å². The lowest BCUT2D eigenvalue weighted by Gasteiger charge is -2.14. The molecule has 0 spiro atoms.